The van der Waals surface area contributed by atoms with Crippen molar-refractivity contribution in [2.45, 2.75) is 5.88 Å². The van der Waals surface area contributed by atoms with E-state index >= 15 is 0 Å². The molecule has 3 nitrogen and oxygen atoms in total. The van der Waals surface area contributed by atoms with Crippen LogP contribution in [0.15, 0.2) is 10.5 Å². The molecule has 0 unspecified atom stereocenters. The van der Waals surface area contributed by atoms with Gasteiger partial charge in [-0.25, -0.2) is 0 Å². The summed E-state index contributed by atoms with van der Waals surface area (Å²) < 4.78 is 4.89. The highest BCUT2D eigenvalue weighted by molar-refractivity contribution is 6.67. The van der Waals surface area contributed by atoms with Crippen LogP contribution < -0.4 is 5.73 Å². The van der Waals surface area contributed by atoms with Crippen molar-refractivity contribution < 1.29 is 9.21 Å². The van der Waals surface area contributed by atoms with Gasteiger partial charge < -0.3 is 10.2 Å². The summed E-state index contributed by atoms with van der Waals surface area (Å²) in [6.07, 6.45) is 0. The van der Waals surface area contributed by atoms with Crippen LogP contribution in [0.25, 0.3) is 0 Å². The van der Waals surface area contributed by atoms with E-state index in [0.29, 0.717) is 5.76 Å². The number of carbonyl (C=O) groups excluding carboxylic acids is 1. The van der Waals surface area contributed by atoms with Crippen LogP contribution in [0.4, 0.5) is 5.69 Å². The van der Waals surface area contributed by atoms with Gasteiger partial charge in [-0.05, 0) is 11.6 Å². The summed E-state index contributed by atoms with van der Waals surface area (Å²) in [5.74, 6) is 0.574. The fraction of sp³-hybridized carbons (Fsp3) is 0.167. The smallest absolute Gasteiger partial charge is 0.289 e. The fourth-order valence-corrected chi connectivity index (χ4v) is 0.957. The molecule has 11 heavy (non-hydrogen) atoms. The van der Waals surface area contributed by atoms with Crippen molar-refractivity contribution in [3.05, 3.63) is 17.6 Å². The summed E-state index contributed by atoms with van der Waals surface area (Å²) >= 11 is 10.5. The van der Waals surface area contributed by atoms with E-state index in [0.717, 1.165) is 0 Å². The average Bonchev–Trinajstić information content (AvgIpc) is 2.30. The number of anilines is 1. The highest BCUT2D eigenvalue weighted by Crippen LogP contribution is 2.20. The fourth-order valence-electron chi connectivity index (χ4n) is 0.678. The van der Waals surface area contributed by atoms with Crippen LogP contribution >= 0.6 is 23.2 Å². The van der Waals surface area contributed by atoms with E-state index in [4.69, 9.17) is 33.4 Å². The summed E-state index contributed by atoms with van der Waals surface area (Å²) in [7, 11) is 0. The van der Waals surface area contributed by atoms with Gasteiger partial charge in [-0.2, -0.15) is 0 Å². The molecule has 60 valence electrons. The highest BCUT2D eigenvalue weighted by Gasteiger charge is 2.13. The number of hydrogen-bond acceptors (Lipinski definition) is 3. The molecule has 0 bridgehead atoms. The Morgan fingerprint density at radius 3 is 2.64 bits per heavy atom. The van der Waals surface area contributed by atoms with E-state index in [2.05, 4.69) is 0 Å². The average molecular weight is 194 g/mol. The Labute approximate surface area is 73.1 Å². The number of halogens is 2. The third kappa shape index (κ3) is 1.67. The van der Waals surface area contributed by atoms with Gasteiger partial charge in [0, 0.05) is 6.07 Å². The number of hydrogen-bond donors (Lipinski definition) is 1. The Morgan fingerprint density at radius 2 is 2.36 bits per heavy atom. The molecule has 0 aliphatic carbocycles. The molecule has 0 aliphatic rings. The standard InChI is InChI=1S/C6H5Cl2NO2/c7-2-3-1-4(9)5(11-3)6(8)10/h1H,2,9H2. The monoisotopic (exact) mass is 193 g/mol. The third-order valence-electron chi connectivity index (χ3n) is 1.12. The minimum atomic E-state index is -0.709. The SMILES string of the molecule is Nc1cc(CCl)oc1C(=O)Cl. The van der Waals surface area contributed by atoms with Gasteiger partial charge in [-0.1, -0.05) is 0 Å². The van der Waals surface area contributed by atoms with Crippen LogP contribution in [0.5, 0.6) is 0 Å². The molecule has 0 aromatic carbocycles. The Balaban J connectivity index is 3.07. The molecule has 0 saturated carbocycles. The minimum Gasteiger partial charge on any atom is -0.453 e. The summed E-state index contributed by atoms with van der Waals surface area (Å²) in [6.45, 7) is 0. The van der Waals surface area contributed by atoms with Crippen molar-refractivity contribution in [1.29, 1.82) is 0 Å². The van der Waals surface area contributed by atoms with Crippen molar-refractivity contribution in [1.82, 2.24) is 0 Å². The van der Waals surface area contributed by atoms with Gasteiger partial charge >= 0.3 is 0 Å². The van der Waals surface area contributed by atoms with Gasteiger partial charge in [0.25, 0.3) is 5.24 Å². The number of furan rings is 1. The predicted octanol–water partition coefficient (Wildman–Crippen LogP) is 1.98. The van der Waals surface area contributed by atoms with Crippen LogP contribution in [-0.2, 0) is 5.88 Å². The maximum absolute atomic E-state index is 10.5. The van der Waals surface area contributed by atoms with Crippen LogP contribution in [0.3, 0.4) is 0 Å². The highest BCUT2D eigenvalue weighted by atomic mass is 35.5. The van der Waals surface area contributed by atoms with Crippen LogP contribution in [0, 0.1) is 0 Å². The number of rotatable bonds is 2. The Kier molecular flexibility index (Phi) is 2.42. The molecule has 1 rings (SSSR count). The first-order valence-corrected chi connectivity index (χ1v) is 3.70. The molecule has 1 heterocycles. The van der Waals surface area contributed by atoms with Crippen LogP contribution in [-0.4, -0.2) is 5.24 Å². The lowest BCUT2D eigenvalue weighted by Crippen LogP contribution is -1.91. The van der Waals surface area contributed by atoms with Crippen LogP contribution in [0.1, 0.15) is 16.3 Å². The number of nitrogen functional groups attached to an aromatic ring is 1. The minimum absolute atomic E-state index is 0.0395. The lowest BCUT2D eigenvalue weighted by atomic mass is 10.4. The molecule has 1 aromatic heterocycles. The molecule has 0 atom stereocenters. The summed E-state index contributed by atoms with van der Waals surface area (Å²) in [6, 6.07) is 1.47. The van der Waals surface area contributed by atoms with Gasteiger partial charge in [0.05, 0.1) is 11.6 Å². The Bertz CT molecular complexity index is 282. The molecule has 2 N–H and O–H groups in total. The van der Waals surface area contributed by atoms with Crippen molar-refractivity contribution >= 4 is 34.1 Å². The second-order valence-electron chi connectivity index (χ2n) is 1.90. The van der Waals surface area contributed by atoms with E-state index in [1.165, 1.54) is 6.07 Å². The van der Waals surface area contributed by atoms with E-state index in [1.807, 2.05) is 0 Å². The van der Waals surface area contributed by atoms with E-state index < -0.39 is 5.24 Å². The molecular formula is C6H5Cl2NO2. The van der Waals surface area contributed by atoms with Gasteiger partial charge in [0.15, 0.2) is 0 Å². The maximum Gasteiger partial charge on any atom is 0.289 e. The molecular weight excluding hydrogens is 189 g/mol. The first-order chi connectivity index (χ1) is 5.15. The zero-order valence-electron chi connectivity index (χ0n) is 5.43. The quantitative estimate of drug-likeness (QED) is 0.578. The van der Waals surface area contributed by atoms with Crippen molar-refractivity contribution in [3.63, 3.8) is 0 Å². The summed E-state index contributed by atoms with van der Waals surface area (Å²) in [5, 5.41) is -0.709. The van der Waals surface area contributed by atoms with Gasteiger partial charge in [0.1, 0.15) is 5.76 Å². The topological polar surface area (TPSA) is 56.2 Å². The number of carbonyl (C=O) groups is 1. The normalized spacial score (nSPS) is 10.0. The summed E-state index contributed by atoms with van der Waals surface area (Å²) in [5.41, 5.74) is 5.58. The van der Waals surface area contributed by atoms with Gasteiger partial charge in [0.2, 0.25) is 5.76 Å². The molecule has 0 amide bonds. The molecule has 0 spiro atoms. The molecule has 5 heteroatoms. The van der Waals surface area contributed by atoms with Gasteiger partial charge in [-0.3, -0.25) is 4.79 Å². The first-order valence-electron chi connectivity index (χ1n) is 2.79. The molecule has 0 radical (unpaired) electrons. The molecule has 0 fully saturated rings. The zero-order chi connectivity index (χ0) is 8.43. The van der Waals surface area contributed by atoms with Gasteiger partial charge in [-0.15, -0.1) is 11.6 Å². The van der Waals surface area contributed by atoms with Crippen molar-refractivity contribution in [2.75, 3.05) is 5.73 Å². The number of alkyl halides is 1. The summed E-state index contributed by atoms with van der Waals surface area (Å²) in [4.78, 5) is 10.5. The largest absolute Gasteiger partial charge is 0.453 e. The van der Waals surface area contributed by atoms with E-state index in [9.17, 15) is 4.79 Å². The number of nitrogens with two attached hydrogens (primary N) is 1. The lowest BCUT2D eigenvalue weighted by Gasteiger charge is -1.86. The van der Waals surface area contributed by atoms with Crippen molar-refractivity contribution in [3.8, 4) is 0 Å². The van der Waals surface area contributed by atoms with Crippen molar-refractivity contribution in [2.24, 2.45) is 0 Å². The lowest BCUT2D eigenvalue weighted by molar-refractivity contribution is 0.105. The Morgan fingerprint density at radius 1 is 1.73 bits per heavy atom. The Hall–Kier alpha value is -0.670. The van der Waals surface area contributed by atoms with E-state index in [1.54, 1.807) is 0 Å². The predicted molar refractivity (Wildman–Crippen MR) is 42.9 cm³/mol. The molecule has 1 aromatic rings. The van der Waals surface area contributed by atoms with Crippen LogP contribution in [0.2, 0.25) is 0 Å². The third-order valence-corrected chi connectivity index (χ3v) is 1.56. The zero-order valence-corrected chi connectivity index (χ0v) is 6.95. The maximum atomic E-state index is 10.5. The molecule has 0 aliphatic heterocycles. The van der Waals surface area contributed by atoms with E-state index in [-0.39, 0.29) is 17.3 Å². The first kappa shape index (κ1) is 8.43. The molecule has 0 saturated heterocycles. The second-order valence-corrected chi connectivity index (χ2v) is 2.52. The second kappa shape index (κ2) is 3.15.